The van der Waals surface area contributed by atoms with Gasteiger partial charge in [-0.15, -0.1) is 0 Å². The predicted octanol–water partition coefficient (Wildman–Crippen LogP) is 2.54. The van der Waals surface area contributed by atoms with E-state index in [4.69, 9.17) is 4.74 Å². The van der Waals surface area contributed by atoms with Crippen LogP contribution in [0.4, 0.5) is 0 Å². The largest absolute Gasteiger partial charge is 0.497 e. The Balaban J connectivity index is 2.44. The minimum Gasteiger partial charge on any atom is -0.497 e. The minimum atomic E-state index is 0.0797. The standard InChI is InChI=1S/C14H21NO2/c1-4-5-11(2)15-14(16)10-12-6-8-13(17-3)9-7-12/h6-9,11H,4-5,10H2,1-3H3,(H,15,16)/t11-/m1/s1. The van der Waals surface area contributed by atoms with Gasteiger partial charge in [0.15, 0.2) is 0 Å². The van der Waals surface area contributed by atoms with Crippen LogP contribution in [0.25, 0.3) is 0 Å². The van der Waals surface area contributed by atoms with Gasteiger partial charge in [-0.05, 0) is 31.0 Å². The zero-order valence-corrected chi connectivity index (χ0v) is 10.8. The van der Waals surface area contributed by atoms with E-state index in [2.05, 4.69) is 12.2 Å². The van der Waals surface area contributed by atoms with Crippen LogP contribution in [-0.4, -0.2) is 19.1 Å². The molecule has 3 heteroatoms. The lowest BCUT2D eigenvalue weighted by atomic mass is 10.1. The van der Waals surface area contributed by atoms with Gasteiger partial charge in [0.25, 0.3) is 0 Å². The fourth-order valence-electron chi connectivity index (χ4n) is 1.76. The molecule has 0 aliphatic rings. The highest BCUT2D eigenvalue weighted by molar-refractivity contribution is 5.78. The molecule has 0 heterocycles. The molecule has 1 aromatic rings. The molecule has 0 saturated carbocycles. The third-order valence-electron chi connectivity index (χ3n) is 2.65. The van der Waals surface area contributed by atoms with Crippen LogP contribution in [0.1, 0.15) is 32.3 Å². The smallest absolute Gasteiger partial charge is 0.224 e. The molecule has 1 aromatic carbocycles. The van der Waals surface area contributed by atoms with Crippen molar-refractivity contribution in [1.29, 1.82) is 0 Å². The molecule has 0 aliphatic heterocycles. The molecular weight excluding hydrogens is 214 g/mol. The van der Waals surface area contributed by atoms with E-state index in [0.717, 1.165) is 24.2 Å². The SMILES string of the molecule is CCC[C@@H](C)NC(=O)Cc1ccc(OC)cc1. The molecule has 0 fully saturated rings. The first kappa shape index (κ1) is 13.6. The number of nitrogens with one attached hydrogen (secondary N) is 1. The number of benzene rings is 1. The number of hydrogen-bond acceptors (Lipinski definition) is 2. The van der Waals surface area contributed by atoms with Gasteiger partial charge in [-0.1, -0.05) is 25.5 Å². The van der Waals surface area contributed by atoms with Gasteiger partial charge in [0.1, 0.15) is 5.75 Å². The molecule has 0 aromatic heterocycles. The zero-order chi connectivity index (χ0) is 12.7. The van der Waals surface area contributed by atoms with Crippen LogP contribution in [0.5, 0.6) is 5.75 Å². The summed E-state index contributed by atoms with van der Waals surface area (Å²) in [5, 5.41) is 2.99. The van der Waals surface area contributed by atoms with Gasteiger partial charge in [0.2, 0.25) is 5.91 Å². The Bertz CT molecular complexity index is 346. The van der Waals surface area contributed by atoms with E-state index < -0.39 is 0 Å². The van der Waals surface area contributed by atoms with E-state index in [0.29, 0.717) is 6.42 Å². The molecule has 0 spiro atoms. The molecule has 0 unspecified atom stereocenters. The van der Waals surface area contributed by atoms with E-state index in [1.807, 2.05) is 31.2 Å². The highest BCUT2D eigenvalue weighted by atomic mass is 16.5. The Labute approximate surface area is 103 Å². The Kier molecular flexibility index (Phi) is 5.53. The van der Waals surface area contributed by atoms with Crippen molar-refractivity contribution in [2.75, 3.05) is 7.11 Å². The average molecular weight is 235 g/mol. The predicted molar refractivity (Wildman–Crippen MR) is 69.2 cm³/mol. The van der Waals surface area contributed by atoms with Crippen molar-refractivity contribution in [2.24, 2.45) is 0 Å². The molecule has 94 valence electrons. The Morgan fingerprint density at radius 2 is 2.00 bits per heavy atom. The van der Waals surface area contributed by atoms with E-state index in [1.165, 1.54) is 0 Å². The number of amides is 1. The van der Waals surface area contributed by atoms with E-state index in [1.54, 1.807) is 7.11 Å². The minimum absolute atomic E-state index is 0.0797. The number of rotatable bonds is 6. The monoisotopic (exact) mass is 235 g/mol. The number of carbonyl (C=O) groups excluding carboxylic acids is 1. The van der Waals surface area contributed by atoms with Crippen molar-refractivity contribution < 1.29 is 9.53 Å². The van der Waals surface area contributed by atoms with Gasteiger partial charge >= 0.3 is 0 Å². The van der Waals surface area contributed by atoms with Gasteiger partial charge in [-0.3, -0.25) is 4.79 Å². The number of methoxy groups -OCH3 is 1. The molecule has 0 bridgehead atoms. The molecular formula is C14H21NO2. The third kappa shape index (κ3) is 4.89. The van der Waals surface area contributed by atoms with Crippen molar-refractivity contribution in [3.63, 3.8) is 0 Å². The maximum Gasteiger partial charge on any atom is 0.224 e. The third-order valence-corrected chi connectivity index (χ3v) is 2.65. The van der Waals surface area contributed by atoms with Crippen LogP contribution in [0.15, 0.2) is 24.3 Å². The van der Waals surface area contributed by atoms with Crippen LogP contribution in [0.2, 0.25) is 0 Å². The summed E-state index contributed by atoms with van der Waals surface area (Å²) in [5.41, 5.74) is 1.01. The summed E-state index contributed by atoms with van der Waals surface area (Å²) >= 11 is 0. The lowest BCUT2D eigenvalue weighted by Gasteiger charge is -2.12. The highest BCUT2D eigenvalue weighted by Gasteiger charge is 2.07. The molecule has 3 nitrogen and oxygen atoms in total. The molecule has 0 radical (unpaired) electrons. The zero-order valence-electron chi connectivity index (χ0n) is 10.8. The number of hydrogen-bond donors (Lipinski definition) is 1. The van der Waals surface area contributed by atoms with E-state index in [-0.39, 0.29) is 11.9 Å². The second-order valence-corrected chi connectivity index (χ2v) is 4.28. The summed E-state index contributed by atoms with van der Waals surface area (Å²) in [4.78, 5) is 11.7. The van der Waals surface area contributed by atoms with Crippen molar-refractivity contribution in [3.05, 3.63) is 29.8 Å². The molecule has 1 N–H and O–H groups in total. The molecule has 0 saturated heterocycles. The number of ether oxygens (including phenoxy) is 1. The van der Waals surface area contributed by atoms with Crippen LogP contribution in [-0.2, 0) is 11.2 Å². The summed E-state index contributed by atoms with van der Waals surface area (Å²) in [7, 11) is 1.63. The van der Waals surface area contributed by atoms with Gasteiger partial charge in [0, 0.05) is 6.04 Å². The fourth-order valence-corrected chi connectivity index (χ4v) is 1.76. The van der Waals surface area contributed by atoms with E-state index in [9.17, 15) is 4.79 Å². The van der Waals surface area contributed by atoms with Crippen molar-refractivity contribution in [2.45, 2.75) is 39.2 Å². The van der Waals surface area contributed by atoms with Crippen LogP contribution < -0.4 is 10.1 Å². The number of carbonyl (C=O) groups is 1. The Morgan fingerprint density at radius 1 is 1.35 bits per heavy atom. The molecule has 17 heavy (non-hydrogen) atoms. The summed E-state index contributed by atoms with van der Waals surface area (Å²) in [6.07, 6.45) is 2.54. The maximum atomic E-state index is 11.7. The normalized spacial score (nSPS) is 11.9. The molecule has 1 amide bonds. The topological polar surface area (TPSA) is 38.3 Å². The van der Waals surface area contributed by atoms with Gasteiger partial charge in [-0.25, -0.2) is 0 Å². The lowest BCUT2D eigenvalue weighted by molar-refractivity contribution is -0.121. The fraction of sp³-hybridized carbons (Fsp3) is 0.500. The van der Waals surface area contributed by atoms with Crippen LogP contribution in [0, 0.1) is 0 Å². The Hall–Kier alpha value is -1.51. The second kappa shape index (κ2) is 6.94. The van der Waals surface area contributed by atoms with Crippen LogP contribution >= 0.6 is 0 Å². The van der Waals surface area contributed by atoms with Crippen molar-refractivity contribution in [1.82, 2.24) is 5.32 Å². The first-order valence-corrected chi connectivity index (χ1v) is 6.08. The molecule has 1 rings (SSSR count). The van der Waals surface area contributed by atoms with Gasteiger partial charge in [0.05, 0.1) is 13.5 Å². The van der Waals surface area contributed by atoms with E-state index >= 15 is 0 Å². The van der Waals surface area contributed by atoms with Gasteiger partial charge < -0.3 is 10.1 Å². The quantitative estimate of drug-likeness (QED) is 0.823. The van der Waals surface area contributed by atoms with Gasteiger partial charge in [-0.2, -0.15) is 0 Å². The summed E-state index contributed by atoms with van der Waals surface area (Å²) in [6, 6.07) is 7.84. The highest BCUT2D eigenvalue weighted by Crippen LogP contribution is 2.11. The molecule has 0 aliphatic carbocycles. The van der Waals surface area contributed by atoms with Crippen molar-refractivity contribution in [3.8, 4) is 5.75 Å². The Morgan fingerprint density at radius 3 is 2.53 bits per heavy atom. The maximum absolute atomic E-state index is 11.7. The summed E-state index contributed by atoms with van der Waals surface area (Å²) < 4.78 is 5.07. The first-order valence-electron chi connectivity index (χ1n) is 6.08. The summed E-state index contributed by atoms with van der Waals surface area (Å²) in [6.45, 7) is 4.15. The lowest BCUT2D eigenvalue weighted by Crippen LogP contribution is -2.33. The first-order chi connectivity index (χ1) is 8.15. The molecule has 1 atom stereocenters. The second-order valence-electron chi connectivity index (χ2n) is 4.28. The summed E-state index contributed by atoms with van der Waals surface area (Å²) in [5.74, 6) is 0.893. The van der Waals surface area contributed by atoms with Crippen molar-refractivity contribution >= 4 is 5.91 Å². The average Bonchev–Trinajstić information content (AvgIpc) is 2.30. The van der Waals surface area contributed by atoms with Crippen LogP contribution in [0.3, 0.4) is 0 Å².